The molecule has 18 heavy (non-hydrogen) atoms. The molecule has 0 bridgehead atoms. The second kappa shape index (κ2) is 6.50. The minimum absolute atomic E-state index is 0.137. The third-order valence-corrected chi connectivity index (χ3v) is 2.94. The maximum atomic E-state index is 13.0. The summed E-state index contributed by atoms with van der Waals surface area (Å²) in [6.45, 7) is 6.27. The Morgan fingerprint density at radius 3 is 2.61 bits per heavy atom. The van der Waals surface area contributed by atoms with Gasteiger partial charge in [0.1, 0.15) is 11.9 Å². The van der Waals surface area contributed by atoms with E-state index in [4.69, 9.17) is 4.74 Å². The van der Waals surface area contributed by atoms with Gasteiger partial charge in [-0.2, -0.15) is 0 Å². The number of nitrogens with one attached hydrogen (secondary N) is 1. The van der Waals surface area contributed by atoms with Gasteiger partial charge in [-0.05, 0) is 36.1 Å². The van der Waals surface area contributed by atoms with Gasteiger partial charge in [-0.25, -0.2) is 4.39 Å². The molecule has 0 aliphatic heterocycles. The summed E-state index contributed by atoms with van der Waals surface area (Å²) in [7, 11) is 1.38. The van der Waals surface area contributed by atoms with E-state index in [1.807, 2.05) is 20.8 Å². The number of aryl methyl sites for hydroxylation is 1. The quantitative estimate of drug-likeness (QED) is 0.819. The molecular weight excluding hydrogens is 233 g/mol. The van der Waals surface area contributed by atoms with Gasteiger partial charge in [0.2, 0.25) is 0 Å². The number of rotatable bonds is 5. The SMILES string of the molecule is COC(=O)C(NCc1ccc(F)cc1C)C(C)C. The molecule has 0 aliphatic rings. The van der Waals surface area contributed by atoms with Crippen LogP contribution in [0.15, 0.2) is 18.2 Å². The maximum Gasteiger partial charge on any atom is 0.323 e. The van der Waals surface area contributed by atoms with Gasteiger partial charge in [0.25, 0.3) is 0 Å². The second-order valence-electron chi connectivity index (χ2n) is 4.70. The highest BCUT2D eigenvalue weighted by atomic mass is 19.1. The third kappa shape index (κ3) is 3.81. The number of carbonyl (C=O) groups excluding carboxylic acids is 1. The van der Waals surface area contributed by atoms with Crippen molar-refractivity contribution in [1.82, 2.24) is 5.32 Å². The van der Waals surface area contributed by atoms with Crippen molar-refractivity contribution in [3.8, 4) is 0 Å². The summed E-state index contributed by atoms with van der Waals surface area (Å²) in [4.78, 5) is 11.6. The van der Waals surface area contributed by atoms with Crippen molar-refractivity contribution in [3.63, 3.8) is 0 Å². The fraction of sp³-hybridized carbons (Fsp3) is 0.500. The van der Waals surface area contributed by atoms with Gasteiger partial charge >= 0.3 is 5.97 Å². The number of halogens is 1. The Morgan fingerprint density at radius 2 is 2.11 bits per heavy atom. The third-order valence-electron chi connectivity index (χ3n) is 2.94. The van der Waals surface area contributed by atoms with Crippen LogP contribution in [0.5, 0.6) is 0 Å². The van der Waals surface area contributed by atoms with E-state index >= 15 is 0 Å². The second-order valence-corrected chi connectivity index (χ2v) is 4.70. The number of carbonyl (C=O) groups is 1. The zero-order valence-electron chi connectivity index (χ0n) is 11.3. The van der Waals surface area contributed by atoms with Crippen LogP contribution in [-0.2, 0) is 16.1 Å². The molecule has 0 saturated carbocycles. The van der Waals surface area contributed by atoms with E-state index in [1.54, 1.807) is 6.07 Å². The molecule has 0 fully saturated rings. The summed E-state index contributed by atoms with van der Waals surface area (Å²) in [5, 5.41) is 3.15. The molecule has 0 heterocycles. The van der Waals surface area contributed by atoms with Gasteiger partial charge in [-0.15, -0.1) is 0 Å². The zero-order valence-corrected chi connectivity index (χ0v) is 11.3. The van der Waals surface area contributed by atoms with Crippen molar-refractivity contribution >= 4 is 5.97 Å². The standard InChI is InChI=1S/C14H20FNO2/c1-9(2)13(14(17)18-4)16-8-11-5-6-12(15)7-10(11)3/h5-7,9,13,16H,8H2,1-4H3. The van der Waals surface area contributed by atoms with Gasteiger partial charge in [-0.3, -0.25) is 4.79 Å². The van der Waals surface area contributed by atoms with Crippen molar-refractivity contribution in [2.24, 2.45) is 5.92 Å². The summed E-state index contributed by atoms with van der Waals surface area (Å²) in [5.41, 5.74) is 1.85. The van der Waals surface area contributed by atoms with Crippen LogP contribution in [0.4, 0.5) is 4.39 Å². The van der Waals surface area contributed by atoms with Crippen LogP contribution in [0.1, 0.15) is 25.0 Å². The summed E-state index contributed by atoms with van der Waals surface area (Å²) in [5.74, 6) is -0.382. The highest BCUT2D eigenvalue weighted by molar-refractivity contribution is 5.75. The van der Waals surface area contributed by atoms with Crippen LogP contribution in [0.25, 0.3) is 0 Å². The number of hydrogen-bond donors (Lipinski definition) is 1. The molecule has 3 nitrogen and oxygen atoms in total. The topological polar surface area (TPSA) is 38.3 Å². The molecule has 1 N–H and O–H groups in total. The molecule has 4 heteroatoms. The van der Waals surface area contributed by atoms with Gasteiger partial charge in [0.05, 0.1) is 7.11 Å². The maximum absolute atomic E-state index is 13.0. The van der Waals surface area contributed by atoms with Gasteiger partial charge in [0.15, 0.2) is 0 Å². The Bertz CT molecular complexity index is 418. The highest BCUT2D eigenvalue weighted by Gasteiger charge is 2.22. The molecule has 100 valence electrons. The molecule has 1 atom stereocenters. The van der Waals surface area contributed by atoms with Crippen molar-refractivity contribution in [2.45, 2.75) is 33.4 Å². The Kier molecular flexibility index (Phi) is 5.28. The minimum atomic E-state index is -0.348. The fourth-order valence-electron chi connectivity index (χ4n) is 1.80. The first-order valence-corrected chi connectivity index (χ1v) is 6.02. The fourth-order valence-corrected chi connectivity index (χ4v) is 1.80. The molecule has 0 amide bonds. The Hall–Kier alpha value is -1.42. The normalized spacial score (nSPS) is 12.6. The average Bonchev–Trinajstić information content (AvgIpc) is 2.31. The zero-order chi connectivity index (χ0) is 13.7. The number of benzene rings is 1. The van der Waals surface area contributed by atoms with E-state index in [9.17, 15) is 9.18 Å². The molecule has 1 aromatic carbocycles. The van der Waals surface area contributed by atoms with Crippen LogP contribution >= 0.6 is 0 Å². The van der Waals surface area contributed by atoms with Crippen molar-refractivity contribution in [1.29, 1.82) is 0 Å². The lowest BCUT2D eigenvalue weighted by Crippen LogP contribution is -2.41. The Labute approximate surface area is 107 Å². The molecule has 0 spiro atoms. The molecular formula is C14H20FNO2. The predicted molar refractivity (Wildman–Crippen MR) is 68.6 cm³/mol. The van der Waals surface area contributed by atoms with Crippen LogP contribution in [-0.4, -0.2) is 19.1 Å². The molecule has 1 unspecified atom stereocenters. The van der Waals surface area contributed by atoms with E-state index in [2.05, 4.69) is 5.32 Å². The Morgan fingerprint density at radius 1 is 1.44 bits per heavy atom. The highest BCUT2D eigenvalue weighted by Crippen LogP contribution is 2.11. The van der Waals surface area contributed by atoms with Gasteiger partial charge in [0, 0.05) is 6.54 Å². The van der Waals surface area contributed by atoms with Crippen LogP contribution in [0.3, 0.4) is 0 Å². The molecule has 1 rings (SSSR count). The number of esters is 1. The van der Waals surface area contributed by atoms with E-state index in [0.717, 1.165) is 11.1 Å². The molecule has 0 aliphatic carbocycles. The van der Waals surface area contributed by atoms with Crippen molar-refractivity contribution in [3.05, 3.63) is 35.1 Å². The molecule has 0 radical (unpaired) electrons. The first-order chi connectivity index (χ1) is 8.45. The summed E-state index contributed by atoms with van der Waals surface area (Å²) in [6, 6.07) is 4.29. The smallest absolute Gasteiger partial charge is 0.323 e. The minimum Gasteiger partial charge on any atom is -0.468 e. The Balaban J connectivity index is 2.70. The number of methoxy groups -OCH3 is 1. The lowest BCUT2D eigenvalue weighted by molar-refractivity contribution is -0.144. The first kappa shape index (κ1) is 14.6. The molecule has 1 aromatic rings. The molecule has 0 aromatic heterocycles. The lowest BCUT2D eigenvalue weighted by Gasteiger charge is -2.20. The first-order valence-electron chi connectivity index (χ1n) is 6.02. The predicted octanol–water partition coefficient (Wildman–Crippen LogP) is 2.42. The van der Waals surface area contributed by atoms with Crippen LogP contribution in [0.2, 0.25) is 0 Å². The summed E-state index contributed by atoms with van der Waals surface area (Å²) >= 11 is 0. The lowest BCUT2D eigenvalue weighted by atomic mass is 10.0. The van der Waals surface area contributed by atoms with E-state index in [0.29, 0.717) is 6.54 Å². The van der Waals surface area contributed by atoms with E-state index in [1.165, 1.54) is 19.2 Å². The van der Waals surface area contributed by atoms with E-state index in [-0.39, 0.29) is 23.7 Å². The van der Waals surface area contributed by atoms with E-state index < -0.39 is 0 Å². The van der Waals surface area contributed by atoms with Gasteiger partial charge in [-0.1, -0.05) is 19.9 Å². The number of hydrogen-bond acceptors (Lipinski definition) is 3. The van der Waals surface area contributed by atoms with Crippen molar-refractivity contribution in [2.75, 3.05) is 7.11 Å². The number of ether oxygens (including phenoxy) is 1. The summed E-state index contributed by atoms with van der Waals surface area (Å²) < 4.78 is 17.7. The van der Waals surface area contributed by atoms with Crippen LogP contribution in [0, 0.1) is 18.7 Å². The van der Waals surface area contributed by atoms with Crippen LogP contribution < -0.4 is 5.32 Å². The summed E-state index contributed by atoms with van der Waals surface area (Å²) in [6.07, 6.45) is 0. The average molecular weight is 253 g/mol. The van der Waals surface area contributed by atoms with Gasteiger partial charge < -0.3 is 10.1 Å². The molecule has 0 saturated heterocycles. The largest absolute Gasteiger partial charge is 0.468 e. The monoisotopic (exact) mass is 253 g/mol. The van der Waals surface area contributed by atoms with Crippen molar-refractivity contribution < 1.29 is 13.9 Å².